The highest BCUT2D eigenvalue weighted by Crippen LogP contribution is 2.40. The number of benzene rings is 2. The van der Waals surface area contributed by atoms with Crippen LogP contribution in [0.2, 0.25) is 0 Å². The molecule has 2 bridgehead atoms. The van der Waals surface area contributed by atoms with E-state index in [4.69, 9.17) is 4.74 Å². The summed E-state index contributed by atoms with van der Waals surface area (Å²) in [5.41, 5.74) is 0.445. The molecular formula is C22H20F3NO3. The summed E-state index contributed by atoms with van der Waals surface area (Å²) >= 11 is 0. The second-order valence-corrected chi connectivity index (χ2v) is 7.59. The second-order valence-electron chi connectivity index (χ2n) is 7.59. The maximum Gasteiger partial charge on any atom is 0.410 e. The number of carbonyl (C=O) groups excluding carboxylic acids is 2. The van der Waals surface area contributed by atoms with Crippen molar-refractivity contribution < 1.29 is 27.5 Å². The zero-order chi connectivity index (χ0) is 20.5. The Morgan fingerprint density at radius 3 is 2.24 bits per heavy atom. The van der Waals surface area contributed by atoms with Crippen LogP contribution in [0.1, 0.15) is 41.6 Å². The monoisotopic (exact) mass is 403 g/mol. The lowest BCUT2D eigenvalue weighted by Gasteiger charge is -2.37. The quantitative estimate of drug-likeness (QED) is 0.541. The number of hydrogen-bond acceptors (Lipinski definition) is 3. The van der Waals surface area contributed by atoms with Crippen molar-refractivity contribution in [1.82, 2.24) is 4.90 Å². The number of ketones is 1. The van der Waals surface area contributed by atoms with Crippen molar-refractivity contribution in [3.63, 3.8) is 0 Å². The lowest BCUT2D eigenvalue weighted by Crippen LogP contribution is -2.48. The molecule has 4 rings (SSSR count). The van der Waals surface area contributed by atoms with E-state index >= 15 is 0 Å². The van der Waals surface area contributed by atoms with Gasteiger partial charge in [-0.2, -0.15) is 0 Å². The van der Waals surface area contributed by atoms with E-state index in [2.05, 4.69) is 0 Å². The highest BCUT2D eigenvalue weighted by atomic mass is 19.2. The van der Waals surface area contributed by atoms with Crippen LogP contribution in [0.4, 0.5) is 18.0 Å². The Hall–Kier alpha value is -2.83. The van der Waals surface area contributed by atoms with Crippen molar-refractivity contribution in [3.8, 4) is 0 Å². The highest BCUT2D eigenvalue weighted by molar-refractivity contribution is 5.98. The number of rotatable bonds is 4. The van der Waals surface area contributed by atoms with Crippen LogP contribution in [0.3, 0.4) is 0 Å². The van der Waals surface area contributed by atoms with Crippen molar-refractivity contribution in [3.05, 3.63) is 71.0 Å². The van der Waals surface area contributed by atoms with Gasteiger partial charge in [-0.1, -0.05) is 30.3 Å². The molecule has 152 valence electrons. The molecular weight excluding hydrogens is 383 g/mol. The van der Waals surface area contributed by atoms with Crippen molar-refractivity contribution >= 4 is 11.9 Å². The van der Waals surface area contributed by atoms with E-state index in [1.165, 1.54) is 0 Å². The minimum atomic E-state index is -1.64. The molecule has 29 heavy (non-hydrogen) atoms. The molecule has 2 atom stereocenters. The van der Waals surface area contributed by atoms with Crippen LogP contribution in [0.25, 0.3) is 0 Å². The van der Waals surface area contributed by atoms with Crippen LogP contribution in [-0.2, 0) is 11.3 Å². The molecule has 2 heterocycles. The first-order chi connectivity index (χ1) is 14.0. The molecule has 2 aromatic carbocycles. The predicted molar refractivity (Wildman–Crippen MR) is 98.6 cm³/mol. The Balaban J connectivity index is 1.43. The Kier molecular flexibility index (Phi) is 5.30. The molecule has 0 aliphatic carbocycles. The molecule has 1 amide bonds. The maximum absolute atomic E-state index is 14.0. The fourth-order valence-electron chi connectivity index (χ4n) is 4.42. The zero-order valence-corrected chi connectivity index (χ0v) is 15.6. The van der Waals surface area contributed by atoms with Crippen LogP contribution in [-0.4, -0.2) is 28.9 Å². The van der Waals surface area contributed by atoms with Crippen molar-refractivity contribution in [2.45, 2.75) is 44.4 Å². The molecule has 2 fully saturated rings. The fourth-order valence-corrected chi connectivity index (χ4v) is 4.42. The van der Waals surface area contributed by atoms with Crippen LogP contribution >= 0.6 is 0 Å². The number of nitrogens with zero attached hydrogens (tertiary/aromatic N) is 1. The molecule has 2 aliphatic rings. The predicted octanol–water partition coefficient (Wildman–Crippen LogP) is 4.87. The summed E-state index contributed by atoms with van der Waals surface area (Å²) in [6.45, 7) is 0.165. The van der Waals surface area contributed by atoms with Gasteiger partial charge in [0.15, 0.2) is 23.2 Å². The SMILES string of the molecule is O=C(c1ccc(F)c(F)c1F)C1CC2CCC(C1)N2C(=O)OCc1ccccc1. The molecule has 7 heteroatoms. The van der Waals surface area contributed by atoms with E-state index in [0.29, 0.717) is 12.8 Å². The van der Waals surface area contributed by atoms with Gasteiger partial charge in [-0.25, -0.2) is 18.0 Å². The van der Waals surface area contributed by atoms with Crippen LogP contribution in [0, 0.1) is 23.4 Å². The summed E-state index contributed by atoms with van der Waals surface area (Å²) in [5, 5.41) is 0. The van der Waals surface area contributed by atoms with E-state index in [9.17, 15) is 22.8 Å². The normalized spacial score (nSPS) is 23.1. The Morgan fingerprint density at radius 1 is 0.931 bits per heavy atom. The minimum Gasteiger partial charge on any atom is -0.445 e. The number of amides is 1. The van der Waals surface area contributed by atoms with Gasteiger partial charge in [0.25, 0.3) is 0 Å². The van der Waals surface area contributed by atoms with Gasteiger partial charge in [-0.05, 0) is 43.4 Å². The molecule has 2 aliphatic heterocycles. The molecule has 0 N–H and O–H groups in total. The van der Waals surface area contributed by atoms with Crippen molar-refractivity contribution in [1.29, 1.82) is 0 Å². The first-order valence-electron chi connectivity index (χ1n) is 9.62. The van der Waals surface area contributed by atoms with E-state index < -0.39 is 40.8 Å². The minimum absolute atomic E-state index is 0.165. The third kappa shape index (κ3) is 3.73. The van der Waals surface area contributed by atoms with Crippen molar-refractivity contribution in [2.24, 2.45) is 5.92 Å². The Morgan fingerprint density at radius 2 is 1.59 bits per heavy atom. The van der Waals surface area contributed by atoms with Crippen LogP contribution < -0.4 is 0 Å². The summed E-state index contributed by atoms with van der Waals surface area (Å²) in [7, 11) is 0. The average Bonchev–Trinajstić information content (AvgIpc) is 3.00. The number of Topliss-reactive ketones (excluding diaryl/α,β-unsaturated/α-hetero) is 1. The van der Waals surface area contributed by atoms with Gasteiger partial charge in [0.2, 0.25) is 0 Å². The van der Waals surface area contributed by atoms with E-state index in [0.717, 1.165) is 30.5 Å². The summed E-state index contributed by atoms with van der Waals surface area (Å²) in [6.07, 6.45) is 1.75. The number of ether oxygens (including phenoxy) is 1. The van der Waals surface area contributed by atoms with Gasteiger partial charge < -0.3 is 9.64 Å². The van der Waals surface area contributed by atoms with Gasteiger partial charge >= 0.3 is 6.09 Å². The first-order valence-corrected chi connectivity index (χ1v) is 9.62. The van der Waals surface area contributed by atoms with Gasteiger partial charge in [0.1, 0.15) is 6.61 Å². The highest BCUT2D eigenvalue weighted by Gasteiger charge is 2.46. The van der Waals surface area contributed by atoms with E-state index in [-0.39, 0.29) is 18.7 Å². The maximum atomic E-state index is 14.0. The van der Waals surface area contributed by atoms with Gasteiger partial charge in [0.05, 0.1) is 5.56 Å². The standard InChI is InChI=1S/C22H20F3NO3/c23-18-9-8-17(19(24)20(18)25)21(27)14-10-15-6-7-16(11-14)26(15)22(28)29-12-13-4-2-1-3-5-13/h1-5,8-9,14-16H,6-7,10-12H2. The molecule has 2 aromatic rings. The summed E-state index contributed by atoms with van der Waals surface area (Å²) in [6, 6.07) is 10.7. The van der Waals surface area contributed by atoms with Crippen LogP contribution in [0.15, 0.2) is 42.5 Å². The molecule has 2 saturated heterocycles. The molecule has 2 unspecified atom stereocenters. The number of hydrogen-bond donors (Lipinski definition) is 0. The van der Waals surface area contributed by atoms with Gasteiger partial charge in [0, 0.05) is 18.0 Å². The van der Waals surface area contributed by atoms with Gasteiger partial charge in [-0.15, -0.1) is 0 Å². The van der Waals surface area contributed by atoms with E-state index in [1.807, 2.05) is 30.3 Å². The fraction of sp³-hybridized carbons (Fsp3) is 0.364. The summed E-state index contributed by atoms with van der Waals surface area (Å²) < 4.78 is 46.1. The second kappa shape index (κ2) is 7.89. The lowest BCUT2D eigenvalue weighted by atomic mass is 9.84. The Labute approximate surface area is 166 Å². The van der Waals surface area contributed by atoms with Crippen molar-refractivity contribution in [2.75, 3.05) is 0 Å². The number of fused-ring (bicyclic) bond motifs is 2. The summed E-state index contributed by atoms with van der Waals surface area (Å²) in [4.78, 5) is 27.0. The smallest absolute Gasteiger partial charge is 0.410 e. The third-order valence-electron chi connectivity index (χ3n) is 5.82. The first kappa shape index (κ1) is 19.5. The topological polar surface area (TPSA) is 46.6 Å². The molecule has 0 saturated carbocycles. The lowest BCUT2D eigenvalue weighted by molar-refractivity contribution is 0.0483. The van der Waals surface area contributed by atoms with Gasteiger partial charge in [-0.3, -0.25) is 4.79 Å². The number of carbonyl (C=O) groups is 2. The molecule has 0 spiro atoms. The summed E-state index contributed by atoms with van der Waals surface area (Å²) in [5.74, 6) is -5.50. The van der Waals surface area contributed by atoms with Crippen LogP contribution in [0.5, 0.6) is 0 Å². The zero-order valence-electron chi connectivity index (χ0n) is 15.6. The van der Waals surface area contributed by atoms with E-state index in [1.54, 1.807) is 4.90 Å². The molecule has 0 radical (unpaired) electrons. The third-order valence-corrected chi connectivity index (χ3v) is 5.82. The Bertz CT molecular complexity index is 920. The largest absolute Gasteiger partial charge is 0.445 e. The number of piperidine rings is 1. The molecule has 0 aromatic heterocycles. The number of halogens is 3. The average molecular weight is 403 g/mol. The molecule has 4 nitrogen and oxygen atoms in total.